The Hall–Kier alpha value is -3.24. The fraction of sp³-hybridized carbons (Fsp3) is 0.318. The molecule has 1 saturated heterocycles. The lowest BCUT2D eigenvalue weighted by atomic mass is 10.00. The molecule has 0 radical (unpaired) electrons. The van der Waals surface area contributed by atoms with Crippen LogP contribution < -0.4 is 9.62 Å². The first-order chi connectivity index (χ1) is 15.3. The van der Waals surface area contributed by atoms with Crippen molar-refractivity contribution >= 4 is 33.6 Å². The number of hydrogen-bond donors (Lipinski definition) is 1. The van der Waals surface area contributed by atoms with Crippen molar-refractivity contribution in [2.45, 2.75) is 30.2 Å². The van der Waals surface area contributed by atoms with Gasteiger partial charge in [0.05, 0.1) is 23.2 Å². The summed E-state index contributed by atoms with van der Waals surface area (Å²) in [5.41, 5.74) is 3.13. The van der Waals surface area contributed by atoms with Gasteiger partial charge in [-0.2, -0.15) is 0 Å². The van der Waals surface area contributed by atoms with Crippen LogP contribution in [0.1, 0.15) is 29.2 Å². The molecule has 0 spiro atoms. The molecule has 1 atom stereocenters. The van der Waals surface area contributed by atoms with Gasteiger partial charge in [-0.05, 0) is 41.7 Å². The van der Waals surface area contributed by atoms with E-state index >= 15 is 0 Å². The molecule has 32 heavy (non-hydrogen) atoms. The van der Waals surface area contributed by atoms with E-state index in [4.69, 9.17) is 4.74 Å². The highest BCUT2D eigenvalue weighted by Gasteiger charge is 2.36. The molecule has 3 aliphatic rings. The van der Waals surface area contributed by atoms with Crippen LogP contribution in [0.2, 0.25) is 0 Å². The van der Waals surface area contributed by atoms with Crippen molar-refractivity contribution in [3.63, 3.8) is 0 Å². The van der Waals surface area contributed by atoms with E-state index in [9.17, 15) is 22.8 Å². The van der Waals surface area contributed by atoms with Crippen LogP contribution in [0.25, 0.3) is 0 Å². The number of nitrogens with zero attached hydrogens (tertiary/aromatic N) is 2. The van der Waals surface area contributed by atoms with Crippen molar-refractivity contribution in [1.29, 1.82) is 0 Å². The summed E-state index contributed by atoms with van der Waals surface area (Å²) in [7, 11) is -3.99. The molecule has 3 amide bonds. The molecule has 10 heteroatoms. The summed E-state index contributed by atoms with van der Waals surface area (Å²) in [6, 6.07) is 11.1. The van der Waals surface area contributed by atoms with Crippen LogP contribution >= 0.6 is 0 Å². The van der Waals surface area contributed by atoms with E-state index in [1.807, 2.05) is 0 Å². The van der Waals surface area contributed by atoms with Crippen LogP contribution in [-0.2, 0) is 37.2 Å². The zero-order valence-electron chi connectivity index (χ0n) is 17.1. The molecule has 0 bridgehead atoms. The van der Waals surface area contributed by atoms with Crippen LogP contribution in [0.3, 0.4) is 0 Å². The molecule has 0 saturated carbocycles. The molecule has 0 aromatic heterocycles. The summed E-state index contributed by atoms with van der Waals surface area (Å²) in [6.07, 6.45) is 0.668. The van der Waals surface area contributed by atoms with Crippen molar-refractivity contribution in [1.82, 2.24) is 9.62 Å². The Kier molecular flexibility index (Phi) is 4.98. The van der Waals surface area contributed by atoms with E-state index in [1.54, 1.807) is 47.4 Å². The first-order valence-electron chi connectivity index (χ1n) is 10.3. The molecule has 3 aliphatic heterocycles. The van der Waals surface area contributed by atoms with Crippen molar-refractivity contribution in [2.75, 3.05) is 24.6 Å². The smallest absolute Gasteiger partial charge is 0.417 e. The Balaban J connectivity index is 1.48. The Labute approximate surface area is 185 Å². The molecule has 9 nitrogen and oxygen atoms in total. The Morgan fingerprint density at radius 3 is 2.38 bits per heavy atom. The van der Waals surface area contributed by atoms with Gasteiger partial charge in [-0.15, -0.1) is 0 Å². The Morgan fingerprint density at radius 1 is 0.969 bits per heavy atom. The average Bonchev–Trinajstić information content (AvgIpc) is 3.36. The standard InChI is InChI=1S/C22H21N3O6S/c26-19-7-6-15-10-17(11-16-8-9-24(19)21(15)16)32(29,30)23-18(14-4-2-1-3-5-14)12-25-20(27)13-31-22(25)28/h1-5,10-11,18,23H,6-9,12-13H2. The summed E-state index contributed by atoms with van der Waals surface area (Å²) < 4.78 is 34.2. The van der Waals surface area contributed by atoms with Crippen LogP contribution in [0.15, 0.2) is 47.4 Å². The predicted molar refractivity (Wildman–Crippen MR) is 113 cm³/mol. The van der Waals surface area contributed by atoms with Gasteiger partial charge in [0.25, 0.3) is 5.91 Å². The number of sulfonamides is 1. The number of imide groups is 1. The van der Waals surface area contributed by atoms with E-state index < -0.39 is 28.1 Å². The van der Waals surface area contributed by atoms with E-state index in [0.29, 0.717) is 31.4 Å². The molecule has 1 fully saturated rings. The Morgan fingerprint density at radius 2 is 1.69 bits per heavy atom. The molecule has 1 unspecified atom stereocenters. The van der Waals surface area contributed by atoms with Crippen LogP contribution in [0.4, 0.5) is 10.5 Å². The third kappa shape index (κ3) is 3.55. The highest BCUT2D eigenvalue weighted by atomic mass is 32.2. The molecule has 5 rings (SSSR count). The summed E-state index contributed by atoms with van der Waals surface area (Å²) in [6.45, 7) is 0.0292. The topological polar surface area (TPSA) is 113 Å². The number of benzene rings is 2. The lowest BCUT2D eigenvalue weighted by molar-refractivity contribution is -0.126. The minimum atomic E-state index is -3.99. The number of hydrogen-bond acceptors (Lipinski definition) is 6. The van der Waals surface area contributed by atoms with Gasteiger partial charge in [0.15, 0.2) is 6.61 Å². The Bertz CT molecular complexity index is 1210. The SMILES string of the molecule is O=C1COC(=O)N1CC(NS(=O)(=O)c1cc2c3c(c1)CCN3C(=O)CC2)c1ccccc1. The number of amides is 3. The number of anilines is 1. The fourth-order valence-corrected chi connectivity index (χ4v) is 5.79. The fourth-order valence-electron chi connectivity index (χ4n) is 4.47. The maximum Gasteiger partial charge on any atom is 0.417 e. The molecule has 2 aromatic carbocycles. The zero-order valence-corrected chi connectivity index (χ0v) is 17.9. The summed E-state index contributed by atoms with van der Waals surface area (Å²) >= 11 is 0. The number of carbonyl (C=O) groups excluding carboxylic acids is 3. The number of cyclic esters (lactones) is 1. The van der Waals surface area contributed by atoms with Gasteiger partial charge in [0.1, 0.15) is 0 Å². The average molecular weight is 455 g/mol. The molecule has 166 valence electrons. The van der Waals surface area contributed by atoms with Crippen molar-refractivity contribution in [3.8, 4) is 0 Å². The third-order valence-electron chi connectivity index (χ3n) is 6.04. The molecule has 3 heterocycles. The van der Waals surface area contributed by atoms with Gasteiger partial charge >= 0.3 is 6.09 Å². The highest BCUT2D eigenvalue weighted by molar-refractivity contribution is 7.89. The second-order valence-corrected chi connectivity index (χ2v) is 9.74. The lowest BCUT2D eigenvalue weighted by Gasteiger charge is -2.26. The quantitative estimate of drug-likeness (QED) is 0.707. The largest absolute Gasteiger partial charge is 0.439 e. The normalized spacial score (nSPS) is 18.7. The minimum Gasteiger partial charge on any atom is -0.439 e. The minimum absolute atomic E-state index is 0.0660. The monoisotopic (exact) mass is 455 g/mol. The first kappa shape index (κ1) is 20.7. The number of carbonyl (C=O) groups is 3. The second kappa shape index (κ2) is 7.72. The van der Waals surface area contributed by atoms with Crippen LogP contribution in [-0.4, -0.2) is 50.9 Å². The maximum atomic E-state index is 13.4. The number of nitrogens with one attached hydrogen (secondary N) is 1. The van der Waals surface area contributed by atoms with Gasteiger partial charge in [0.2, 0.25) is 15.9 Å². The van der Waals surface area contributed by atoms with Gasteiger partial charge < -0.3 is 9.64 Å². The summed E-state index contributed by atoms with van der Waals surface area (Å²) in [5.74, 6) is -0.446. The molecule has 2 aromatic rings. The van der Waals surface area contributed by atoms with Crippen molar-refractivity contribution < 1.29 is 27.5 Å². The maximum absolute atomic E-state index is 13.4. The molecule has 0 aliphatic carbocycles. The first-order valence-corrected chi connectivity index (χ1v) is 11.8. The van der Waals surface area contributed by atoms with E-state index in [0.717, 1.165) is 21.7 Å². The van der Waals surface area contributed by atoms with Gasteiger partial charge in [-0.3, -0.25) is 9.59 Å². The van der Waals surface area contributed by atoms with E-state index in [-0.39, 0.29) is 24.0 Å². The summed E-state index contributed by atoms with van der Waals surface area (Å²) in [5, 5.41) is 0. The third-order valence-corrected chi connectivity index (χ3v) is 7.49. The zero-order chi connectivity index (χ0) is 22.5. The van der Waals surface area contributed by atoms with Gasteiger partial charge in [0, 0.05) is 13.0 Å². The highest BCUT2D eigenvalue weighted by Crippen LogP contribution is 2.38. The molecule has 1 N–H and O–H groups in total. The molecular formula is C22H21N3O6S. The number of rotatable bonds is 6. The van der Waals surface area contributed by atoms with Crippen molar-refractivity contribution in [3.05, 3.63) is 59.2 Å². The van der Waals surface area contributed by atoms with Crippen LogP contribution in [0, 0.1) is 0 Å². The van der Waals surface area contributed by atoms with E-state index in [1.165, 1.54) is 0 Å². The van der Waals surface area contributed by atoms with Crippen LogP contribution in [0.5, 0.6) is 0 Å². The van der Waals surface area contributed by atoms with E-state index in [2.05, 4.69) is 4.72 Å². The number of aryl methyl sites for hydroxylation is 1. The van der Waals surface area contributed by atoms with Gasteiger partial charge in [-0.25, -0.2) is 22.8 Å². The summed E-state index contributed by atoms with van der Waals surface area (Å²) in [4.78, 5) is 38.9. The van der Waals surface area contributed by atoms with Gasteiger partial charge in [-0.1, -0.05) is 30.3 Å². The lowest BCUT2D eigenvalue weighted by Crippen LogP contribution is -2.40. The predicted octanol–water partition coefficient (Wildman–Crippen LogP) is 1.52. The number of ether oxygens (including phenoxy) is 1. The molecular weight excluding hydrogens is 434 g/mol. The second-order valence-electron chi connectivity index (χ2n) is 8.03. The van der Waals surface area contributed by atoms with Crippen molar-refractivity contribution in [2.24, 2.45) is 0 Å².